The first-order chi connectivity index (χ1) is 11.0. The normalized spacial score (nSPS) is 17.3. The van der Waals surface area contributed by atoms with Crippen LogP contribution in [0.15, 0.2) is 36.7 Å². The highest BCUT2D eigenvalue weighted by Gasteiger charge is 2.35. The van der Waals surface area contributed by atoms with E-state index in [0.29, 0.717) is 11.3 Å². The Labute approximate surface area is 132 Å². The maximum atomic E-state index is 12.5. The van der Waals surface area contributed by atoms with E-state index in [2.05, 4.69) is 0 Å². The van der Waals surface area contributed by atoms with Gasteiger partial charge in [-0.1, -0.05) is 0 Å². The van der Waals surface area contributed by atoms with E-state index in [1.165, 1.54) is 19.5 Å². The van der Waals surface area contributed by atoms with Gasteiger partial charge in [0.25, 0.3) is 11.8 Å². The molecule has 1 atom stereocenters. The summed E-state index contributed by atoms with van der Waals surface area (Å²) in [4.78, 5) is 37.9. The van der Waals surface area contributed by atoms with Gasteiger partial charge in [-0.05, 0) is 24.3 Å². The van der Waals surface area contributed by atoms with E-state index in [1.54, 1.807) is 24.3 Å². The Morgan fingerprint density at radius 1 is 1.26 bits per heavy atom. The van der Waals surface area contributed by atoms with Crippen LogP contribution in [0.2, 0.25) is 0 Å². The fourth-order valence-electron chi connectivity index (χ4n) is 2.20. The van der Waals surface area contributed by atoms with Crippen LogP contribution in [-0.2, 0) is 9.59 Å². The molecule has 1 aliphatic rings. The number of nitrogens with zero attached hydrogens (tertiary/aromatic N) is 2. The summed E-state index contributed by atoms with van der Waals surface area (Å²) < 4.78 is 5.02. The third-order valence-electron chi connectivity index (χ3n) is 3.38. The molecule has 1 aromatic rings. The predicted molar refractivity (Wildman–Crippen MR) is 80.1 cm³/mol. The molecule has 122 valence electrons. The second-order valence-corrected chi connectivity index (χ2v) is 4.87. The molecular weight excluding hydrogens is 302 g/mol. The van der Waals surface area contributed by atoms with Crippen LogP contribution >= 0.6 is 0 Å². The van der Waals surface area contributed by atoms with Crippen LogP contribution in [0.3, 0.4) is 0 Å². The van der Waals surface area contributed by atoms with Crippen LogP contribution in [0.5, 0.6) is 5.75 Å². The van der Waals surface area contributed by atoms with E-state index in [1.807, 2.05) is 0 Å². The number of aliphatic hydroxyl groups excluding tert-OH is 1. The van der Waals surface area contributed by atoms with Gasteiger partial charge >= 0.3 is 0 Å². The van der Waals surface area contributed by atoms with Gasteiger partial charge in [0.2, 0.25) is 5.91 Å². The second kappa shape index (κ2) is 6.93. The van der Waals surface area contributed by atoms with Crippen molar-refractivity contribution >= 4 is 17.7 Å². The van der Waals surface area contributed by atoms with Gasteiger partial charge in [-0.2, -0.15) is 0 Å². The third kappa shape index (κ3) is 3.49. The Morgan fingerprint density at radius 2 is 1.91 bits per heavy atom. The summed E-state index contributed by atoms with van der Waals surface area (Å²) in [6, 6.07) is 5.26. The topological polar surface area (TPSA) is 113 Å². The molecule has 3 amide bonds. The molecule has 1 heterocycles. The number of amides is 3. The number of nitrogens with two attached hydrogens (primary N) is 1. The molecular formula is C15H17N3O5. The zero-order valence-electron chi connectivity index (χ0n) is 12.5. The molecule has 0 aliphatic carbocycles. The molecule has 0 radical (unpaired) electrons. The van der Waals surface area contributed by atoms with Gasteiger partial charge in [0.15, 0.2) is 0 Å². The fourth-order valence-corrected chi connectivity index (χ4v) is 2.20. The van der Waals surface area contributed by atoms with Crippen molar-refractivity contribution in [3.8, 4) is 5.75 Å². The molecule has 0 spiro atoms. The predicted octanol–water partition coefficient (Wildman–Crippen LogP) is -0.703. The number of primary amides is 1. The van der Waals surface area contributed by atoms with E-state index < -0.39 is 30.4 Å². The average Bonchev–Trinajstić information content (AvgIpc) is 2.55. The number of carbonyl (C=O) groups is 3. The maximum absolute atomic E-state index is 12.5. The molecule has 0 unspecified atom stereocenters. The van der Waals surface area contributed by atoms with Crippen molar-refractivity contribution in [3.05, 3.63) is 42.2 Å². The number of rotatable bonds is 5. The van der Waals surface area contributed by atoms with Crippen molar-refractivity contribution in [1.82, 2.24) is 9.80 Å². The molecule has 23 heavy (non-hydrogen) atoms. The second-order valence-electron chi connectivity index (χ2n) is 4.87. The van der Waals surface area contributed by atoms with Crippen LogP contribution in [0, 0.1) is 0 Å². The lowest BCUT2D eigenvalue weighted by atomic mass is 10.1. The number of benzene rings is 1. The zero-order valence-corrected chi connectivity index (χ0v) is 12.5. The van der Waals surface area contributed by atoms with Crippen molar-refractivity contribution in [2.24, 2.45) is 5.73 Å². The van der Waals surface area contributed by atoms with Crippen LogP contribution < -0.4 is 10.5 Å². The molecule has 0 saturated carbocycles. The van der Waals surface area contributed by atoms with Crippen molar-refractivity contribution in [1.29, 1.82) is 0 Å². The van der Waals surface area contributed by atoms with Gasteiger partial charge in [0.05, 0.1) is 13.7 Å². The Morgan fingerprint density at radius 3 is 2.43 bits per heavy atom. The van der Waals surface area contributed by atoms with E-state index in [0.717, 1.165) is 9.80 Å². The molecule has 8 heteroatoms. The number of aliphatic hydroxyl groups is 1. The summed E-state index contributed by atoms with van der Waals surface area (Å²) in [5.74, 6) is -1.11. The van der Waals surface area contributed by atoms with Gasteiger partial charge in [-0.3, -0.25) is 19.3 Å². The van der Waals surface area contributed by atoms with Gasteiger partial charge in [0, 0.05) is 18.0 Å². The molecule has 0 aromatic heterocycles. The highest BCUT2D eigenvalue weighted by atomic mass is 16.5. The molecule has 0 bridgehead atoms. The van der Waals surface area contributed by atoms with Gasteiger partial charge in [-0.15, -0.1) is 0 Å². The quantitative estimate of drug-likeness (QED) is 0.745. The Kier molecular flexibility index (Phi) is 4.97. The minimum atomic E-state index is -1.10. The van der Waals surface area contributed by atoms with Crippen LogP contribution in [0.1, 0.15) is 10.4 Å². The molecule has 1 aromatic carbocycles. The molecule has 2 rings (SSSR count). The number of carbonyl (C=O) groups excluding carboxylic acids is 3. The van der Waals surface area contributed by atoms with E-state index >= 15 is 0 Å². The molecule has 8 nitrogen and oxygen atoms in total. The Hall–Kier alpha value is -2.87. The zero-order chi connectivity index (χ0) is 17.0. The lowest BCUT2D eigenvalue weighted by molar-refractivity contribution is -0.138. The SMILES string of the molecule is COc1ccc(C(=O)N2C=CN(CC(N)=O)C(=O)[C@@H]2CO)cc1. The van der Waals surface area contributed by atoms with Gasteiger partial charge in [0.1, 0.15) is 18.3 Å². The summed E-state index contributed by atoms with van der Waals surface area (Å²) in [6.07, 6.45) is 2.64. The summed E-state index contributed by atoms with van der Waals surface area (Å²) in [7, 11) is 1.51. The monoisotopic (exact) mass is 319 g/mol. The maximum Gasteiger partial charge on any atom is 0.258 e. The van der Waals surface area contributed by atoms with E-state index in [-0.39, 0.29) is 6.54 Å². The van der Waals surface area contributed by atoms with E-state index in [9.17, 15) is 19.5 Å². The molecule has 0 saturated heterocycles. The standard InChI is InChI=1S/C15H17N3O5/c1-23-11-4-2-10(3-5-11)14(21)18-7-6-17(8-13(16)20)15(22)12(18)9-19/h2-7,12,19H,8-9H2,1H3,(H2,16,20)/t12-/m0/s1. The molecule has 3 N–H and O–H groups in total. The lowest BCUT2D eigenvalue weighted by Crippen LogP contribution is -2.53. The number of methoxy groups -OCH3 is 1. The highest BCUT2D eigenvalue weighted by molar-refractivity contribution is 5.99. The minimum Gasteiger partial charge on any atom is -0.497 e. The first kappa shape index (κ1) is 16.5. The van der Waals surface area contributed by atoms with Crippen molar-refractivity contribution in [3.63, 3.8) is 0 Å². The minimum absolute atomic E-state index is 0.309. The fraction of sp³-hybridized carbons (Fsp3) is 0.267. The summed E-state index contributed by atoms with van der Waals surface area (Å²) in [5, 5.41) is 9.45. The number of ether oxygens (including phenoxy) is 1. The smallest absolute Gasteiger partial charge is 0.258 e. The van der Waals surface area contributed by atoms with Crippen LogP contribution in [0.25, 0.3) is 0 Å². The van der Waals surface area contributed by atoms with Crippen LogP contribution in [0.4, 0.5) is 0 Å². The van der Waals surface area contributed by atoms with Gasteiger partial charge in [-0.25, -0.2) is 0 Å². The number of hydrogen-bond acceptors (Lipinski definition) is 5. The first-order valence-electron chi connectivity index (χ1n) is 6.82. The Balaban J connectivity index is 2.24. The Bertz CT molecular complexity index is 641. The molecule has 1 aliphatic heterocycles. The van der Waals surface area contributed by atoms with Crippen molar-refractivity contribution in [2.75, 3.05) is 20.3 Å². The molecule has 0 fully saturated rings. The summed E-state index contributed by atoms with van der Waals surface area (Å²) >= 11 is 0. The highest BCUT2D eigenvalue weighted by Crippen LogP contribution is 2.18. The average molecular weight is 319 g/mol. The first-order valence-corrected chi connectivity index (χ1v) is 6.82. The van der Waals surface area contributed by atoms with Gasteiger partial charge < -0.3 is 20.5 Å². The number of hydrogen-bond donors (Lipinski definition) is 2. The van der Waals surface area contributed by atoms with Crippen molar-refractivity contribution < 1.29 is 24.2 Å². The lowest BCUT2D eigenvalue weighted by Gasteiger charge is -2.34. The van der Waals surface area contributed by atoms with E-state index in [4.69, 9.17) is 10.5 Å². The van der Waals surface area contributed by atoms with Crippen molar-refractivity contribution in [2.45, 2.75) is 6.04 Å². The summed E-state index contributed by atoms with van der Waals surface area (Å²) in [5.41, 5.74) is 5.40. The summed E-state index contributed by atoms with van der Waals surface area (Å²) in [6.45, 7) is -0.878. The third-order valence-corrected chi connectivity index (χ3v) is 3.38. The largest absolute Gasteiger partial charge is 0.497 e. The van der Waals surface area contributed by atoms with Crippen LogP contribution in [-0.4, -0.2) is 58.9 Å².